The Kier molecular flexibility index (Phi) is 4.20. The van der Waals surface area contributed by atoms with Crippen molar-refractivity contribution in [2.24, 2.45) is 0 Å². The highest BCUT2D eigenvalue weighted by molar-refractivity contribution is 6.30. The second-order valence-corrected chi connectivity index (χ2v) is 6.70. The number of hydrogen-bond donors (Lipinski definition) is 0. The van der Waals surface area contributed by atoms with E-state index in [9.17, 15) is 9.18 Å². The first-order valence-corrected chi connectivity index (χ1v) is 8.62. The van der Waals surface area contributed by atoms with E-state index >= 15 is 0 Å². The summed E-state index contributed by atoms with van der Waals surface area (Å²) in [6, 6.07) is 13.4. The number of halogens is 2. The molecule has 2 aromatic carbocycles. The lowest BCUT2D eigenvalue weighted by Crippen LogP contribution is -2.41. The van der Waals surface area contributed by atoms with Crippen LogP contribution in [0.3, 0.4) is 0 Å². The molecule has 1 aliphatic heterocycles. The maximum atomic E-state index is 13.3. The maximum absolute atomic E-state index is 13.3. The highest BCUT2D eigenvalue weighted by atomic mass is 35.5. The van der Waals surface area contributed by atoms with E-state index in [1.165, 1.54) is 25.4 Å². The third kappa shape index (κ3) is 2.86. The van der Waals surface area contributed by atoms with Crippen molar-refractivity contribution in [1.29, 1.82) is 0 Å². The van der Waals surface area contributed by atoms with E-state index in [0.29, 0.717) is 17.4 Å². The van der Waals surface area contributed by atoms with Gasteiger partial charge in [0.2, 0.25) is 11.9 Å². The van der Waals surface area contributed by atoms with Crippen LogP contribution in [-0.2, 0) is 4.79 Å². The van der Waals surface area contributed by atoms with Crippen molar-refractivity contribution in [2.75, 3.05) is 4.90 Å². The van der Waals surface area contributed by atoms with Gasteiger partial charge in [-0.3, -0.25) is 9.69 Å². The molecule has 2 atom stereocenters. The molecule has 0 bridgehead atoms. The van der Waals surface area contributed by atoms with E-state index in [0.717, 1.165) is 11.1 Å². The first-order valence-electron chi connectivity index (χ1n) is 8.25. The SMILES string of the molecule is CC(=O)N1c2ncnn2[C@H](c2ccc(F)cc2)C[C@@H]1c1ccc(Cl)cc1. The van der Waals surface area contributed by atoms with E-state index in [4.69, 9.17) is 11.6 Å². The van der Waals surface area contributed by atoms with Crippen LogP contribution in [0.15, 0.2) is 54.9 Å². The molecule has 2 heterocycles. The van der Waals surface area contributed by atoms with Crippen LogP contribution in [0, 0.1) is 5.82 Å². The van der Waals surface area contributed by atoms with Gasteiger partial charge in [-0.2, -0.15) is 10.1 Å². The zero-order valence-corrected chi connectivity index (χ0v) is 14.8. The van der Waals surface area contributed by atoms with Gasteiger partial charge in [-0.05, 0) is 41.8 Å². The van der Waals surface area contributed by atoms with Gasteiger partial charge in [0.05, 0.1) is 12.1 Å². The number of nitrogens with zero attached hydrogens (tertiary/aromatic N) is 4. The number of fused-ring (bicyclic) bond motifs is 1. The van der Waals surface area contributed by atoms with Gasteiger partial charge in [-0.15, -0.1) is 0 Å². The summed E-state index contributed by atoms with van der Waals surface area (Å²) in [6.07, 6.45) is 2.04. The van der Waals surface area contributed by atoms with Gasteiger partial charge in [0, 0.05) is 11.9 Å². The van der Waals surface area contributed by atoms with Crippen molar-refractivity contribution >= 4 is 23.5 Å². The largest absolute Gasteiger partial charge is 0.275 e. The minimum atomic E-state index is -0.289. The van der Waals surface area contributed by atoms with Gasteiger partial charge >= 0.3 is 0 Å². The molecule has 0 saturated carbocycles. The lowest BCUT2D eigenvalue weighted by Gasteiger charge is -2.38. The Morgan fingerprint density at radius 2 is 1.69 bits per heavy atom. The summed E-state index contributed by atoms with van der Waals surface area (Å²) in [5.74, 6) is 0.0813. The van der Waals surface area contributed by atoms with Gasteiger partial charge in [-0.25, -0.2) is 9.07 Å². The lowest BCUT2D eigenvalue weighted by atomic mass is 9.92. The monoisotopic (exact) mass is 370 g/mol. The fourth-order valence-corrected chi connectivity index (χ4v) is 3.61. The van der Waals surface area contributed by atoms with E-state index in [-0.39, 0.29) is 23.8 Å². The zero-order chi connectivity index (χ0) is 18.3. The molecule has 0 aliphatic carbocycles. The van der Waals surface area contributed by atoms with Crippen LogP contribution in [0.1, 0.15) is 36.6 Å². The van der Waals surface area contributed by atoms with Crippen molar-refractivity contribution in [2.45, 2.75) is 25.4 Å². The molecule has 26 heavy (non-hydrogen) atoms. The van der Waals surface area contributed by atoms with Crippen molar-refractivity contribution in [3.8, 4) is 0 Å². The molecular weight excluding hydrogens is 355 g/mol. The third-order valence-electron chi connectivity index (χ3n) is 4.67. The third-order valence-corrected chi connectivity index (χ3v) is 4.92. The molecular formula is C19H16ClFN4O. The van der Waals surface area contributed by atoms with E-state index in [1.54, 1.807) is 33.8 Å². The fraction of sp³-hybridized carbons (Fsp3) is 0.211. The van der Waals surface area contributed by atoms with E-state index in [1.807, 2.05) is 12.1 Å². The van der Waals surface area contributed by atoms with Crippen LogP contribution < -0.4 is 4.90 Å². The zero-order valence-electron chi connectivity index (χ0n) is 14.0. The van der Waals surface area contributed by atoms with Crippen LogP contribution >= 0.6 is 11.6 Å². The molecule has 1 aromatic heterocycles. The highest BCUT2D eigenvalue weighted by Crippen LogP contribution is 2.41. The van der Waals surface area contributed by atoms with Crippen molar-refractivity contribution in [3.05, 3.63) is 76.8 Å². The molecule has 0 fully saturated rings. The van der Waals surface area contributed by atoms with E-state index < -0.39 is 0 Å². The number of benzene rings is 2. The average molecular weight is 371 g/mol. The van der Waals surface area contributed by atoms with Crippen LogP contribution in [0.5, 0.6) is 0 Å². The standard InChI is InChI=1S/C19H16ClFN4O/c1-12(26)24-17(13-2-6-15(20)7-3-13)10-18(25-19(24)22-11-23-25)14-4-8-16(21)9-5-14/h2-9,11,17-18H,10H2,1H3/t17-,18+/m1/s1. The summed E-state index contributed by atoms with van der Waals surface area (Å²) in [5, 5.41) is 4.94. The van der Waals surface area contributed by atoms with Crippen LogP contribution in [-0.4, -0.2) is 20.7 Å². The second kappa shape index (κ2) is 6.53. The predicted molar refractivity (Wildman–Crippen MR) is 96.5 cm³/mol. The number of carbonyl (C=O) groups is 1. The summed E-state index contributed by atoms with van der Waals surface area (Å²) < 4.78 is 15.1. The molecule has 132 valence electrons. The average Bonchev–Trinajstić information content (AvgIpc) is 3.11. The van der Waals surface area contributed by atoms with Crippen molar-refractivity contribution in [1.82, 2.24) is 14.8 Å². The molecule has 7 heteroatoms. The smallest absolute Gasteiger partial charge is 0.231 e. The first-order chi connectivity index (χ1) is 12.5. The van der Waals surface area contributed by atoms with Gasteiger partial charge in [-0.1, -0.05) is 35.9 Å². The van der Waals surface area contributed by atoms with Crippen molar-refractivity contribution in [3.63, 3.8) is 0 Å². The Labute approximate surface area is 155 Å². The summed E-state index contributed by atoms with van der Waals surface area (Å²) in [7, 11) is 0. The van der Waals surface area contributed by atoms with Crippen LogP contribution in [0.25, 0.3) is 0 Å². The summed E-state index contributed by atoms with van der Waals surface area (Å²) >= 11 is 6.01. The van der Waals surface area contributed by atoms with Gasteiger partial charge in [0.1, 0.15) is 12.1 Å². The number of amides is 1. The first kappa shape index (κ1) is 16.7. The minimum absolute atomic E-state index is 0.114. The normalized spacial score (nSPS) is 19.3. The topological polar surface area (TPSA) is 51.0 Å². The molecule has 0 N–H and O–H groups in total. The molecule has 0 unspecified atom stereocenters. The summed E-state index contributed by atoms with van der Waals surface area (Å²) in [5.41, 5.74) is 1.88. The number of aromatic nitrogens is 3. The molecule has 0 spiro atoms. The van der Waals surface area contributed by atoms with Gasteiger partial charge in [0.15, 0.2) is 0 Å². The molecule has 5 nitrogen and oxygen atoms in total. The van der Waals surface area contributed by atoms with Crippen LogP contribution in [0.4, 0.5) is 10.3 Å². The molecule has 0 saturated heterocycles. The number of hydrogen-bond acceptors (Lipinski definition) is 3. The number of carbonyl (C=O) groups excluding carboxylic acids is 1. The Balaban J connectivity index is 1.82. The van der Waals surface area contributed by atoms with Gasteiger partial charge in [0.25, 0.3) is 0 Å². The maximum Gasteiger partial charge on any atom is 0.231 e. The second-order valence-electron chi connectivity index (χ2n) is 6.26. The number of rotatable bonds is 2. The summed E-state index contributed by atoms with van der Waals surface area (Å²) in [6.45, 7) is 1.51. The molecule has 1 amide bonds. The van der Waals surface area contributed by atoms with E-state index in [2.05, 4.69) is 10.1 Å². The Hall–Kier alpha value is -2.73. The molecule has 1 aliphatic rings. The Morgan fingerprint density at radius 3 is 2.35 bits per heavy atom. The minimum Gasteiger partial charge on any atom is -0.275 e. The van der Waals surface area contributed by atoms with Crippen LogP contribution in [0.2, 0.25) is 5.02 Å². The molecule has 4 rings (SSSR count). The van der Waals surface area contributed by atoms with Crippen molar-refractivity contribution < 1.29 is 9.18 Å². The molecule has 3 aromatic rings. The predicted octanol–water partition coefficient (Wildman–Crippen LogP) is 4.16. The molecule has 0 radical (unpaired) electrons. The van der Waals surface area contributed by atoms with Gasteiger partial charge < -0.3 is 0 Å². The quantitative estimate of drug-likeness (QED) is 0.680. The lowest BCUT2D eigenvalue weighted by molar-refractivity contribution is -0.117. The fourth-order valence-electron chi connectivity index (χ4n) is 3.49. The highest BCUT2D eigenvalue weighted by Gasteiger charge is 2.38. The Bertz CT molecular complexity index is 939. The number of anilines is 1. The summed E-state index contributed by atoms with van der Waals surface area (Å²) in [4.78, 5) is 18.3. The Morgan fingerprint density at radius 1 is 1.08 bits per heavy atom.